The van der Waals surface area contributed by atoms with Gasteiger partial charge in [-0.1, -0.05) is 35.9 Å². The molecule has 0 aliphatic carbocycles. The smallest absolute Gasteiger partial charge is 0.330 e. The van der Waals surface area contributed by atoms with Crippen LogP contribution in [0.25, 0.3) is 0 Å². The van der Waals surface area contributed by atoms with Gasteiger partial charge in [-0.15, -0.1) is 0 Å². The van der Waals surface area contributed by atoms with Crippen LogP contribution in [0, 0.1) is 0 Å². The Bertz CT molecular complexity index is 407. The highest BCUT2D eigenvalue weighted by Crippen LogP contribution is 2.01. The third-order valence-corrected chi connectivity index (χ3v) is 2.25. The molecule has 0 saturated heterocycles. The van der Waals surface area contributed by atoms with Crippen molar-refractivity contribution in [1.82, 2.24) is 0 Å². The second-order valence-electron chi connectivity index (χ2n) is 4.51. The van der Waals surface area contributed by atoms with Crippen molar-refractivity contribution in [3.63, 3.8) is 0 Å². The molecule has 4 heteroatoms. The van der Waals surface area contributed by atoms with Crippen LogP contribution in [-0.2, 0) is 20.9 Å². The molecule has 0 radical (unpaired) electrons. The lowest BCUT2D eigenvalue weighted by Crippen LogP contribution is -2.23. The summed E-state index contributed by atoms with van der Waals surface area (Å²) in [6.45, 7) is 4.12. The Hall–Kier alpha value is -1.65. The van der Waals surface area contributed by atoms with Crippen LogP contribution in [0.2, 0.25) is 0 Å². The zero-order valence-corrected chi connectivity index (χ0v) is 11.3. The lowest BCUT2D eigenvalue weighted by atomic mass is 10.2. The molecule has 0 saturated carbocycles. The largest absolute Gasteiger partial charge is 0.460 e. The van der Waals surface area contributed by atoms with E-state index in [1.54, 1.807) is 13.8 Å². The number of carbonyl (C=O) groups is 1. The molecular weight excluding hydrogens is 244 g/mol. The molecule has 0 fully saturated rings. The zero-order chi connectivity index (χ0) is 14.1. The molecule has 1 aromatic carbocycles. The number of esters is 1. The van der Waals surface area contributed by atoms with Gasteiger partial charge in [0.15, 0.2) is 0 Å². The van der Waals surface area contributed by atoms with E-state index in [1.807, 2.05) is 30.3 Å². The Balaban J connectivity index is 2.16. The molecular formula is C15H20O4. The number of aliphatic hydroxyl groups is 1. The number of hydrogen-bond acceptors (Lipinski definition) is 4. The molecule has 1 N–H and O–H groups in total. The molecule has 0 aromatic heterocycles. The van der Waals surface area contributed by atoms with Crippen molar-refractivity contribution in [3.05, 3.63) is 47.5 Å². The van der Waals surface area contributed by atoms with Crippen molar-refractivity contribution in [2.75, 3.05) is 13.2 Å². The number of rotatable bonds is 7. The van der Waals surface area contributed by atoms with E-state index in [0.717, 1.165) is 11.1 Å². The van der Waals surface area contributed by atoms with Crippen LogP contribution in [0.4, 0.5) is 0 Å². The molecule has 0 aliphatic rings. The molecule has 0 spiro atoms. The third-order valence-electron chi connectivity index (χ3n) is 2.25. The maximum absolute atomic E-state index is 11.2. The number of ether oxygens (including phenoxy) is 2. The molecule has 0 amide bonds. The van der Waals surface area contributed by atoms with E-state index >= 15 is 0 Å². The average molecular weight is 264 g/mol. The minimum absolute atomic E-state index is 0.0581. The number of aliphatic hydroxyl groups excluding tert-OH is 1. The van der Waals surface area contributed by atoms with Gasteiger partial charge in [0.05, 0.1) is 13.2 Å². The van der Waals surface area contributed by atoms with Crippen LogP contribution in [0.15, 0.2) is 42.0 Å². The molecule has 4 nitrogen and oxygen atoms in total. The van der Waals surface area contributed by atoms with Gasteiger partial charge in [0.2, 0.25) is 0 Å². The molecule has 0 bridgehead atoms. The van der Waals surface area contributed by atoms with Gasteiger partial charge >= 0.3 is 5.97 Å². The summed E-state index contributed by atoms with van der Waals surface area (Å²) >= 11 is 0. The highest BCUT2D eigenvalue weighted by atomic mass is 16.5. The first-order chi connectivity index (χ1) is 9.08. The average Bonchev–Trinajstić information content (AvgIpc) is 2.37. The Morgan fingerprint density at radius 1 is 1.26 bits per heavy atom. The van der Waals surface area contributed by atoms with E-state index in [2.05, 4.69) is 0 Å². The number of allylic oxidation sites excluding steroid dienone is 1. The molecule has 1 aromatic rings. The van der Waals surface area contributed by atoms with Crippen LogP contribution in [0.3, 0.4) is 0 Å². The fraction of sp³-hybridized carbons (Fsp3) is 0.400. The Morgan fingerprint density at radius 2 is 1.95 bits per heavy atom. The van der Waals surface area contributed by atoms with Crippen molar-refractivity contribution in [3.8, 4) is 0 Å². The monoisotopic (exact) mass is 264 g/mol. The molecule has 1 rings (SSSR count). The lowest BCUT2D eigenvalue weighted by Gasteiger charge is -2.11. The summed E-state index contributed by atoms with van der Waals surface area (Å²) in [5.74, 6) is -0.442. The van der Waals surface area contributed by atoms with Gasteiger partial charge in [-0.05, 0) is 19.4 Å². The van der Waals surface area contributed by atoms with Gasteiger partial charge in [-0.25, -0.2) is 4.79 Å². The summed E-state index contributed by atoms with van der Waals surface area (Å²) in [5.41, 5.74) is 1.90. The van der Waals surface area contributed by atoms with Crippen molar-refractivity contribution < 1.29 is 19.4 Å². The summed E-state index contributed by atoms with van der Waals surface area (Å²) in [5, 5.41) is 9.59. The summed E-state index contributed by atoms with van der Waals surface area (Å²) in [6, 6.07) is 9.68. The first-order valence-electron chi connectivity index (χ1n) is 6.19. The highest BCUT2D eigenvalue weighted by Gasteiger charge is 2.07. The van der Waals surface area contributed by atoms with Crippen LogP contribution in [-0.4, -0.2) is 30.4 Å². The maximum Gasteiger partial charge on any atom is 0.330 e. The topological polar surface area (TPSA) is 55.8 Å². The summed E-state index contributed by atoms with van der Waals surface area (Å²) in [6.07, 6.45) is 0.579. The van der Waals surface area contributed by atoms with Crippen LogP contribution >= 0.6 is 0 Å². The molecule has 0 unspecified atom stereocenters. The SMILES string of the molecule is CC(C)=CC(=O)OC[C@@H](O)COCc1ccccc1. The zero-order valence-electron chi connectivity index (χ0n) is 11.3. The molecule has 0 aliphatic heterocycles. The Morgan fingerprint density at radius 3 is 2.58 bits per heavy atom. The van der Waals surface area contributed by atoms with E-state index in [4.69, 9.17) is 9.47 Å². The minimum Gasteiger partial charge on any atom is -0.460 e. The van der Waals surface area contributed by atoms with Crippen molar-refractivity contribution in [2.24, 2.45) is 0 Å². The normalized spacial score (nSPS) is 11.7. The maximum atomic E-state index is 11.2. The van der Waals surface area contributed by atoms with E-state index in [1.165, 1.54) is 6.08 Å². The predicted octanol–water partition coefficient (Wildman–Crippen LogP) is 2.07. The van der Waals surface area contributed by atoms with Gasteiger partial charge in [0, 0.05) is 6.08 Å². The summed E-state index contributed by atoms with van der Waals surface area (Å²) < 4.78 is 10.2. The molecule has 19 heavy (non-hydrogen) atoms. The predicted molar refractivity (Wildman–Crippen MR) is 72.5 cm³/mol. The molecule has 1 atom stereocenters. The quantitative estimate of drug-likeness (QED) is 0.605. The number of carbonyl (C=O) groups excluding carboxylic acids is 1. The number of benzene rings is 1. The third kappa shape index (κ3) is 7.39. The lowest BCUT2D eigenvalue weighted by molar-refractivity contribution is -0.142. The first kappa shape index (κ1) is 15.4. The molecule has 104 valence electrons. The van der Waals surface area contributed by atoms with Gasteiger partial charge in [0.25, 0.3) is 0 Å². The van der Waals surface area contributed by atoms with E-state index in [-0.39, 0.29) is 13.2 Å². The molecule has 0 heterocycles. The number of hydrogen-bond donors (Lipinski definition) is 1. The second-order valence-corrected chi connectivity index (χ2v) is 4.51. The van der Waals surface area contributed by atoms with Gasteiger partial charge in [0.1, 0.15) is 12.7 Å². The fourth-order valence-corrected chi connectivity index (χ4v) is 1.39. The van der Waals surface area contributed by atoms with Crippen LogP contribution < -0.4 is 0 Å². The summed E-state index contributed by atoms with van der Waals surface area (Å²) in [4.78, 5) is 11.2. The van der Waals surface area contributed by atoms with Gasteiger partial charge in [-0.3, -0.25) is 0 Å². The standard InChI is InChI=1S/C15H20O4/c1-12(2)8-15(17)19-11-14(16)10-18-9-13-6-4-3-5-7-13/h3-8,14,16H,9-11H2,1-2H3/t14-/m0/s1. The minimum atomic E-state index is -0.807. The van der Waals surface area contributed by atoms with Crippen molar-refractivity contribution in [2.45, 2.75) is 26.6 Å². The second kappa shape index (κ2) is 8.45. The fourth-order valence-electron chi connectivity index (χ4n) is 1.39. The van der Waals surface area contributed by atoms with Crippen molar-refractivity contribution in [1.29, 1.82) is 0 Å². The van der Waals surface area contributed by atoms with E-state index in [0.29, 0.717) is 6.61 Å². The van der Waals surface area contributed by atoms with Crippen LogP contribution in [0.1, 0.15) is 19.4 Å². The summed E-state index contributed by atoms with van der Waals surface area (Å²) in [7, 11) is 0. The van der Waals surface area contributed by atoms with Crippen molar-refractivity contribution >= 4 is 5.97 Å². The van der Waals surface area contributed by atoms with Gasteiger partial charge in [-0.2, -0.15) is 0 Å². The highest BCUT2D eigenvalue weighted by molar-refractivity contribution is 5.82. The van der Waals surface area contributed by atoms with E-state index < -0.39 is 12.1 Å². The van der Waals surface area contributed by atoms with Gasteiger partial charge < -0.3 is 14.6 Å². The van der Waals surface area contributed by atoms with E-state index in [9.17, 15) is 9.90 Å². The Labute approximate surface area is 113 Å². The Kier molecular flexibility index (Phi) is 6.85. The van der Waals surface area contributed by atoms with Crippen LogP contribution in [0.5, 0.6) is 0 Å². The first-order valence-corrected chi connectivity index (χ1v) is 6.19.